The summed E-state index contributed by atoms with van der Waals surface area (Å²) in [5.74, 6) is -16.5. The summed E-state index contributed by atoms with van der Waals surface area (Å²) in [5.41, 5.74) is 5.53. The molecule has 26 heteroatoms. The van der Waals surface area contributed by atoms with Crippen LogP contribution in [0.25, 0.3) is 0 Å². The number of rotatable bonds is 31. The van der Waals surface area contributed by atoms with E-state index in [1.54, 1.807) is 27.7 Å². The van der Waals surface area contributed by atoms with Crippen LogP contribution >= 0.6 is 0 Å². The van der Waals surface area contributed by atoms with Gasteiger partial charge in [-0.2, -0.15) is 0 Å². The summed E-state index contributed by atoms with van der Waals surface area (Å²) in [7, 11) is 0. The predicted molar refractivity (Wildman–Crippen MR) is 229 cm³/mol. The first-order valence-electron chi connectivity index (χ1n) is 21.2. The molecule has 0 saturated carbocycles. The first-order chi connectivity index (χ1) is 30.6. The third kappa shape index (κ3) is 22.0. The minimum Gasteiger partial charge on any atom is -0.481 e. The quantitative estimate of drug-likeness (QED) is 0.0316. The van der Waals surface area contributed by atoms with Crippen molar-refractivity contribution in [1.82, 2.24) is 42.5 Å². The highest BCUT2D eigenvalue weighted by molar-refractivity contribution is 5.98. The molecule has 8 amide bonds. The maximum atomic E-state index is 13.7. The minimum atomic E-state index is -1.80. The number of aliphatic hydroxyl groups is 1. The summed E-state index contributed by atoms with van der Waals surface area (Å²) in [6.45, 7) is 10.9. The Hall–Kier alpha value is -6.44. The SMILES string of the molecule is CCC(C)C(NC(=O)C(N)CO)C(=O)NC(CC(=O)O)C(=O)NCC(=O)NC(CC(C)C)C(=O)NC(CCC(=O)O)C(=O)NC(C(=O)NC(CC(=O)O)C(=O)NC(C(=O)O)C(C)C)C(C)C. The zero-order valence-electron chi connectivity index (χ0n) is 38.3. The van der Waals surface area contributed by atoms with Crippen LogP contribution in [0, 0.1) is 23.7 Å². The molecule has 0 spiro atoms. The maximum Gasteiger partial charge on any atom is 0.326 e. The lowest BCUT2D eigenvalue weighted by molar-refractivity contribution is -0.145. The van der Waals surface area contributed by atoms with E-state index in [0.29, 0.717) is 6.42 Å². The summed E-state index contributed by atoms with van der Waals surface area (Å²) < 4.78 is 0. The molecule has 9 unspecified atom stereocenters. The van der Waals surface area contributed by atoms with Crippen LogP contribution in [0.2, 0.25) is 0 Å². The number of carbonyl (C=O) groups is 12. The number of nitrogens with two attached hydrogens (primary N) is 1. The van der Waals surface area contributed by atoms with Gasteiger partial charge in [-0.05, 0) is 36.5 Å². The molecular weight excluding hydrogens is 878 g/mol. The lowest BCUT2D eigenvalue weighted by Crippen LogP contribution is -2.60. The summed E-state index contributed by atoms with van der Waals surface area (Å²) in [5, 5.41) is 65.2. The Morgan fingerprint density at radius 2 is 0.939 bits per heavy atom. The zero-order chi connectivity index (χ0) is 51.2. The van der Waals surface area contributed by atoms with E-state index in [1.165, 1.54) is 27.7 Å². The van der Waals surface area contributed by atoms with Gasteiger partial charge in [0.25, 0.3) is 0 Å². The molecule has 0 fully saturated rings. The molecule has 0 aliphatic carbocycles. The molecular formula is C40H67N9O17. The van der Waals surface area contributed by atoms with Crippen molar-refractivity contribution >= 4 is 71.1 Å². The van der Waals surface area contributed by atoms with Gasteiger partial charge in [0, 0.05) is 6.42 Å². The molecule has 9 atom stereocenters. The van der Waals surface area contributed by atoms with E-state index < -0.39 is 176 Å². The van der Waals surface area contributed by atoms with Gasteiger partial charge in [-0.3, -0.25) is 52.7 Å². The molecule has 0 saturated heterocycles. The molecule has 0 aromatic heterocycles. The Morgan fingerprint density at radius 3 is 1.38 bits per heavy atom. The number of carboxylic acids is 4. The van der Waals surface area contributed by atoms with Gasteiger partial charge in [0.05, 0.1) is 26.0 Å². The normalized spacial score (nSPS) is 15.2. The van der Waals surface area contributed by atoms with Crippen molar-refractivity contribution in [3.05, 3.63) is 0 Å². The lowest BCUT2D eigenvalue weighted by atomic mass is 9.97. The smallest absolute Gasteiger partial charge is 0.326 e. The third-order valence-corrected chi connectivity index (χ3v) is 9.89. The largest absolute Gasteiger partial charge is 0.481 e. The van der Waals surface area contributed by atoms with E-state index in [-0.39, 0.29) is 12.3 Å². The van der Waals surface area contributed by atoms with Gasteiger partial charge in [-0.15, -0.1) is 0 Å². The monoisotopic (exact) mass is 945 g/mol. The van der Waals surface area contributed by atoms with Crippen LogP contribution in [0.15, 0.2) is 0 Å². The van der Waals surface area contributed by atoms with Crippen LogP contribution in [-0.2, 0) is 57.5 Å². The molecule has 66 heavy (non-hydrogen) atoms. The lowest BCUT2D eigenvalue weighted by Gasteiger charge is -2.28. The van der Waals surface area contributed by atoms with Crippen LogP contribution in [0.3, 0.4) is 0 Å². The fourth-order valence-corrected chi connectivity index (χ4v) is 5.94. The number of carbonyl (C=O) groups excluding carboxylic acids is 8. The Bertz CT molecular complexity index is 1760. The van der Waals surface area contributed by atoms with Gasteiger partial charge in [-0.1, -0.05) is 61.8 Å². The minimum absolute atomic E-state index is 0.0806. The number of carboxylic acid groups (broad SMARTS) is 4. The number of aliphatic carboxylic acids is 4. The zero-order valence-corrected chi connectivity index (χ0v) is 38.3. The number of hydrogen-bond donors (Lipinski definition) is 14. The summed E-state index contributed by atoms with van der Waals surface area (Å²) >= 11 is 0. The van der Waals surface area contributed by atoms with E-state index in [1.807, 2.05) is 0 Å². The molecule has 26 nitrogen and oxygen atoms in total. The van der Waals surface area contributed by atoms with E-state index in [2.05, 4.69) is 42.5 Å². The molecule has 0 bridgehead atoms. The Kier molecular flexibility index (Phi) is 26.3. The Balaban J connectivity index is 6.27. The third-order valence-electron chi connectivity index (χ3n) is 9.89. The second-order valence-corrected chi connectivity index (χ2v) is 16.7. The molecule has 0 heterocycles. The van der Waals surface area contributed by atoms with Crippen molar-refractivity contribution in [2.45, 2.75) is 142 Å². The first-order valence-corrected chi connectivity index (χ1v) is 21.2. The molecule has 0 radical (unpaired) electrons. The van der Waals surface area contributed by atoms with E-state index in [0.717, 1.165) is 0 Å². The van der Waals surface area contributed by atoms with Crippen molar-refractivity contribution < 1.29 is 83.1 Å². The Labute approximate surface area is 381 Å². The van der Waals surface area contributed by atoms with E-state index in [9.17, 15) is 83.1 Å². The molecule has 0 aliphatic rings. The predicted octanol–water partition coefficient (Wildman–Crippen LogP) is -3.88. The molecule has 0 aromatic rings. The molecule has 0 rings (SSSR count). The molecule has 0 aliphatic heterocycles. The van der Waals surface area contributed by atoms with Gasteiger partial charge < -0.3 is 73.8 Å². The summed E-state index contributed by atoms with van der Waals surface area (Å²) in [6, 6.07) is -12.3. The summed E-state index contributed by atoms with van der Waals surface area (Å²) in [6.07, 6.45) is -2.91. The van der Waals surface area contributed by atoms with Crippen LogP contribution in [0.1, 0.15) is 93.9 Å². The van der Waals surface area contributed by atoms with Crippen molar-refractivity contribution in [1.29, 1.82) is 0 Å². The maximum absolute atomic E-state index is 13.7. The van der Waals surface area contributed by atoms with Crippen LogP contribution in [-0.4, -0.2) is 158 Å². The second kappa shape index (κ2) is 29.2. The number of hydrogen-bond acceptors (Lipinski definition) is 14. The van der Waals surface area contributed by atoms with Gasteiger partial charge in [0.1, 0.15) is 48.3 Å². The molecule has 15 N–H and O–H groups in total. The number of nitrogens with one attached hydrogen (secondary N) is 8. The molecule has 374 valence electrons. The summed E-state index contributed by atoms with van der Waals surface area (Å²) in [4.78, 5) is 152. The topological polar surface area (TPSA) is 428 Å². The van der Waals surface area contributed by atoms with Crippen molar-refractivity contribution in [2.24, 2.45) is 29.4 Å². The van der Waals surface area contributed by atoms with E-state index >= 15 is 0 Å². The Morgan fingerprint density at radius 1 is 0.500 bits per heavy atom. The number of aliphatic hydroxyl groups excluding tert-OH is 1. The first kappa shape index (κ1) is 59.6. The van der Waals surface area contributed by atoms with E-state index in [4.69, 9.17) is 5.73 Å². The average molecular weight is 946 g/mol. The highest BCUT2D eigenvalue weighted by atomic mass is 16.4. The van der Waals surface area contributed by atoms with Crippen molar-refractivity contribution in [2.75, 3.05) is 13.2 Å². The van der Waals surface area contributed by atoms with Crippen molar-refractivity contribution in [3.8, 4) is 0 Å². The van der Waals surface area contributed by atoms with Gasteiger partial charge in [0.2, 0.25) is 47.3 Å². The van der Waals surface area contributed by atoms with Gasteiger partial charge in [0.15, 0.2) is 0 Å². The standard InChI is InChI=1S/C40H67N9O17/c1-9-20(8)32(49-33(58)21(41)16-50)39(64)45-24(13-28(54)55)34(59)42-15-26(51)43-23(12-17(2)3)36(61)44-22(10-11-27(52)53)35(60)47-30(18(4)5)38(63)46-25(14-29(56)57)37(62)48-31(19(6)7)40(65)66/h17-25,30-32,50H,9-16,41H2,1-8H3,(H,42,59)(H,43,51)(H,44,61)(H,45,64)(H,46,63)(H,47,60)(H,48,62)(H,49,58)(H,52,53)(H,54,55)(H,56,57)(H,65,66). The highest BCUT2D eigenvalue weighted by Crippen LogP contribution is 2.12. The number of amides is 8. The van der Waals surface area contributed by atoms with Crippen LogP contribution < -0.4 is 48.3 Å². The average Bonchev–Trinajstić information content (AvgIpc) is 3.21. The van der Waals surface area contributed by atoms with Crippen molar-refractivity contribution in [3.63, 3.8) is 0 Å². The van der Waals surface area contributed by atoms with Gasteiger partial charge >= 0.3 is 23.9 Å². The van der Waals surface area contributed by atoms with Crippen LogP contribution in [0.5, 0.6) is 0 Å². The molecule has 0 aromatic carbocycles. The van der Waals surface area contributed by atoms with Crippen LogP contribution in [0.4, 0.5) is 0 Å². The van der Waals surface area contributed by atoms with Gasteiger partial charge in [-0.25, -0.2) is 4.79 Å². The second-order valence-electron chi connectivity index (χ2n) is 16.7. The highest BCUT2D eigenvalue weighted by Gasteiger charge is 2.36. The fourth-order valence-electron chi connectivity index (χ4n) is 5.94. The fraction of sp³-hybridized carbons (Fsp3) is 0.700.